The van der Waals surface area contributed by atoms with Crippen molar-refractivity contribution < 1.29 is 9.53 Å². The van der Waals surface area contributed by atoms with E-state index < -0.39 is 6.10 Å². The van der Waals surface area contributed by atoms with Crippen LogP contribution in [0, 0.1) is 0 Å². The summed E-state index contributed by atoms with van der Waals surface area (Å²) in [7, 11) is 0. The van der Waals surface area contributed by atoms with Gasteiger partial charge < -0.3 is 4.74 Å². The quantitative estimate of drug-likeness (QED) is 0.388. The molecule has 1 atom stereocenters. The Labute approximate surface area is 173 Å². The fourth-order valence-corrected chi connectivity index (χ4v) is 3.30. The van der Waals surface area contributed by atoms with Gasteiger partial charge in [-0.3, -0.25) is 4.79 Å². The van der Waals surface area contributed by atoms with E-state index in [4.69, 9.17) is 4.74 Å². The van der Waals surface area contributed by atoms with Gasteiger partial charge in [0.05, 0.1) is 4.47 Å². The van der Waals surface area contributed by atoms with E-state index in [0.717, 1.165) is 20.8 Å². The topological polar surface area (TPSA) is 50.7 Å². The van der Waals surface area contributed by atoms with E-state index in [1.807, 2.05) is 79.7 Å². The summed E-state index contributed by atoms with van der Waals surface area (Å²) in [5.41, 5.74) is 3.60. The van der Waals surface area contributed by atoms with E-state index in [1.165, 1.54) is 0 Å². The Balaban J connectivity index is 1.61. The smallest absolute Gasteiger partial charge is 0.281 e. The molecule has 0 saturated carbocycles. The molecule has 0 aliphatic carbocycles. The second-order valence-corrected chi connectivity index (χ2v) is 6.93. The van der Waals surface area contributed by atoms with Crippen LogP contribution < -0.4 is 10.2 Å². The van der Waals surface area contributed by atoms with E-state index in [2.05, 4.69) is 26.5 Å². The number of carbonyl (C=O) groups excluding carboxylic acids is 1. The Kier molecular flexibility index (Phi) is 6.98. The normalized spacial score (nSPS) is 12.5. The Morgan fingerprint density at radius 2 is 1.86 bits per heavy atom. The first kappa shape index (κ1) is 19.8. The molecule has 5 heteroatoms. The van der Waals surface area contributed by atoms with Gasteiger partial charge in [0.2, 0.25) is 0 Å². The van der Waals surface area contributed by atoms with Crippen molar-refractivity contribution in [2.45, 2.75) is 19.4 Å². The average molecular weight is 437 g/mol. The first-order valence-corrected chi connectivity index (χ1v) is 9.87. The first-order chi connectivity index (χ1) is 13.7. The van der Waals surface area contributed by atoms with Gasteiger partial charge in [0.15, 0.2) is 6.10 Å². The number of hydrogen-bond donors (Lipinski definition) is 1. The lowest BCUT2D eigenvalue weighted by molar-refractivity contribution is -0.128. The second kappa shape index (κ2) is 9.85. The summed E-state index contributed by atoms with van der Waals surface area (Å²) in [6.07, 6.45) is 5.13. The maximum atomic E-state index is 12.4. The molecule has 142 valence electrons. The molecule has 0 spiro atoms. The number of amides is 1. The van der Waals surface area contributed by atoms with E-state index in [0.29, 0.717) is 12.2 Å². The van der Waals surface area contributed by atoms with Crippen LogP contribution in [0.3, 0.4) is 0 Å². The van der Waals surface area contributed by atoms with E-state index in [9.17, 15) is 4.79 Å². The van der Waals surface area contributed by atoms with Crippen molar-refractivity contribution in [2.75, 3.05) is 0 Å². The summed E-state index contributed by atoms with van der Waals surface area (Å²) in [5, 5.41) is 6.11. The van der Waals surface area contributed by atoms with Crippen LogP contribution in [0.25, 0.3) is 16.8 Å². The number of benzene rings is 3. The molecule has 4 nitrogen and oxygen atoms in total. The molecular formula is C23H21BrN2O2. The van der Waals surface area contributed by atoms with E-state index in [-0.39, 0.29) is 5.91 Å². The molecule has 0 bridgehead atoms. The van der Waals surface area contributed by atoms with Gasteiger partial charge in [-0.25, -0.2) is 5.43 Å². The minimum Gasteiger partial charge on any atom is -0.479 e. The molecule has 0 aliphatic rings. The fraction of sp³-hybridized carbons (Fsp3) is 0.130. The standard InChI is InChI=1S/C23H21BrN2O2/c1-2-20(23(27)26-25-16-8-11-17-9-4-3-5-10-17)28-21-15-14-18-12-6-7-13-19(18)22(21)24/h3-16,20H,2H2,1H3,(H,26,27)/b11-8-,25-16?/t20-/m0/s1. The molecule has 0 heterocycles. The molecule has 0 aliphatic heterocycles. The summed E-state index contributed by atoms with van der Waals surface area (Å²) >= 11 is 3.59. The molecule has 3 aromatic rings. The average Bonchev–Trinajstić information content (AvgIpc) is 2.74. The van der Waals surface area contributed by atoms with Crippen molar-refractivity contribution in [2.24, 2.45) is 5.10 Å². The zero-order chi connectivity index (χ0) is 19.8. The number of allylic oxidation sites excluding steroid dienone is 1. The maximum absolute atomic E-state index is 12.4. The zero-order valence-electron chi connectivity index (χ0n) is 15.5. The number of nitrogens with one attached hydrogen (secondary N) is 1. The van der Waals surface area contributed by atoms with Crippen LogP contribution in [0.2, 0.25) is 0 Å². The van der Waals surface area contributed by atoms with Gasteiger partial charge in [-0.1, -0.05) is 73.7 Å². The number of hydrogen-bond acceptors (Lipinski definition) is 3. The van der Waals surface area contributed by atoms with Crippen LogP contribution in [0.15, 0.2) is 82.4 Å². The Morgan fingerprint density at radius 1 is 1.11 bits per heavy atom. The van der Waals surface area contributed by atoms with Gasteiger partial charge in [-0.2, -0.15) is 5.10 Å². The van der Waals surface area contributed by atoms with E-state index >= 15 is 0 Å². The Morgan fingerprint density at radius 3 is 2.64 bits per heavy atom. The molecule has 0 saturated heterocycles. The molecule has 0 fully saturated rings. The summed E-state index contributed by atoms with van der Waals surface area (Å²) in [5.74, 6) is 0.348. The van der Waals surface area contributed by atoms with Crippen molar-refractivity contribution in [1.29, 1.82) is 0 Å². The van der Waals surface area contributed by atoms with Crippen LogP contribution in [-0.2, 0) is 4.79 Å². The zero-order valence-corrected chi connectivity index (χ0v) is 17.1. The highest BCUT2D eigenvalue weighted by atomic mass is 79.9. The molecule has 0 unspecified atom stereocenters. The summed E-state index contributed by atoms with van der Waals surface area (Å²) in [6, 6.07) is 21.7. The molecule has 1 amide bonds. The third-order valence-corrected chi connectivity index (χ3v) is 5.00. The van der Waals surface area contributed by atoms with Crippen molar-refractivity contribution in [1.82, 2.24) is 5.43 Å². The molecular weight excluding hydrogens is 416 g/mol. The Hall–Kier alpha value is -2.92. The first-order valence-electron chi connectivity index (χ1n) is 9.07. The van der Waals surface area contributed by atoms with E-state index in [1.54, 1.807) is 12.3 Å². The maximum Gasteiger partial charge on any atom is 0.281 e. The predicted molar refractivity (Wildman–Crippen MR) is 118 cm³/mol. The number of rotatable bonds is 7. The predicted octanol–water partition coefficient (Wildman–Crippen LogP) is 5.58. The van der Waals surface area contributed by atoms with Gasteiger partial charge in [-0.15, -0.1) is 0 Å². The highest BCUT2D eigenvalue weighted by Gasteiger charge is 2.19. The summed E-state index contributed by atoms with van der Waals surface area (Å²) in [4.78, 5) is 12.4. The van der Waals surface area contributed by atoms with Crippen molar-refractivity contribution >= 4 is 44.9 Å². The fourth-order valence-electron chi connectivity index (χ4n) is 2.71. The SMILES string of the molecule is CC[C@H](Oc1ccc2ccccc2c1Br)C(=O)NN=C/C=C\c1ccccc1. The van der Waals surface area contributed by atoms with Crippen molar-refractivity contribution in [3.8, 4) is 5.75 Å². The minimum absolute atomic E-state index is 0.285. The third-order valence-electron chi connectivity index (χ3n) is 4.18. The van der Waals surface area contributed by atoms with Crippen molar-refractivity contribution in [3.05, 3.63) is 82.8 Å². The minimum atomic E-state index is -0.632. The van der Waals surface area contributed by atoms with Gasteiger partial charge in [0.25, 0.3) is 5.91 Å². The lowest BCUT2D eigenvalue weighted by Crippen LogP contribution is -2.35. The van der Waals surface area contributed by atoms with Crippen LogP contribution in [-0.4, -0.2) is 18.2 Å². The number of nitrogens with zero attached hydrogens (tertiary/aromatic N) is 1. The molecule has 28 heavy (non-hydrogen) atoms. The monoisotopic (exact) mass is 436 g/mol. The molecule has 3 rings (SSSR count). The second-order valence-electron chi connectivity index (χ2n) is 6.14. The largest absolute Gasteiger partial charge is 0.479 e. The summed E-state index contributed by atoms with van der Waals surface area (Å²) in [6.45, 7) is 1.90. The number of hydrazone groups is 1. The molecule has 0 radical (unpaired) electrons. The van der Waals surface area contributed by atoms with Gasteiger partial charge in [0.1, 0.15) is 5.75 Å². The highest BCUT2D eigenvalue weighted by molar-refractivity contribution is 9.10. The van der Waals surface area contributed by atoms with Crippen LogP contribution in [0.1, 0.15) is 18.9 Å². The highest BCUT2D eigenvalue weighted by Crippen LogP contribution is 2.33. The lowest BCUT2D eigenvalue weighted by Gasteiger charge is -2.17. The molecule has 0 aromatic heterocycles. The van der Waals surface area contributed by atoms with Crippen LogP contribution in [0.5, 0.6) is 5.75 Å². The molecule has 1 N–H and O–H groups in total. The number of ether oxygens (including phenoxy) is 1. The molecule has 3 aromatic carbocycles. The van der Waals surface area contributed by atoms with Crippen LogP contribution in [0.4, 0.5) is 0 Å². The van der Waals surface area contributed by atoms with Crippen molar-refractivity contribution in [3.63, 3.8) is 0 Å². The number of carbonyl (C=O) groups is 1. The number of fused-ring (bicyclic) bond motifs is 1. The lowest BCUT2D eigenvalue weighted by atomic mass is 10.1. The van der Waals surface area contributed by atoms with Crippen LogP contribution >= 0.6 is 15.9 Å². The Bertz CT molecular complexity index is 1000. The van der Waals surface area contributed by atoms with Gasteiger partial charge in [-0.05, 0) is 50.8 Å². The van der Waals surface area contributed by atoms with Gasteiger partial charge in [0, 0.05) is 6.21 Å². The summed E-state index contributed by atoms with van der Waals surface area (Å²) < 4.78 is 6.78. The van der Waals surface area contributed by atoms with Gasteiger partial charge >= 0.3 is 0 Å². The third kappa shape index (κ3) is 5.08. The number of halogens is 1.